The Bertz CT molecular complexity index is 985. The number of rotatable bonds is 11. The number of ketones is 1. The summed E-state index contributed by atoms with van der Waals surface area (Å²) in [5.41, 5.74) is 2.22. The molecule has 0 spiro atoms. The molecule has 1 aliphatic heterocycles. The fourth-order valence-electron chi connectivity index (χ4n) is 4.13. The van der Waals surface area contributed by atoms with Crippen molar-refractivity contribution in [3.8, 4) is 16.9 Å². The second-order valence-electron chi connectivity index (χ2n) is 8.67. The van der Waals surface area contributed by atoms with Gasteiger partial charge in [-0.3, -0.25) is 14.4 Å². The molecule has 0 bridgehead atoms. The lowest BCUT2D eigenvalue weighted by Crippen LogP contribution is -2.52. The number of aliphatic hydroxyl groups excluding tert-OH is 1. The number of ether oxygens (including phenoxy) is 2. The van der Waals surface area contributed by atoms with Gasteiger partial charge in [0.25, 0.3) is 5.91 Å². The van der Waals surface area contributed by atoms with Gasteiger partial charge in [-0.25, -0.2) is 0 Å². The van der Waals surface area contributed by atoms with E-state index in [4.69, 9.17) is 9.47 Å². The number of nitrogens with zero attached hydrogens (tertiary/aromatic N) is 2. The number of carbonyl (C=O) groups is 3. The minimum absolute atomic E-state index is 0.330. The molecule has 9 nitrogen and oxygen atoms in total. The van der Waals surface area contributed by atoms with Crippen LogP contribution in [0, 0.1) is 0 Å². The Labute approximate surface area is 212 Å². The standard InChI is InChI=1S/C27H35N3O6/c1-28-26(33)25(24(32)19-31)29(2)27(34)22-7-5-20(6-8-22)21-9-11-23(12-10-21)36-17-4-14-30-13-3-16-35-18-15-30/h5-12,25,31H,3-4,13-19H2,1-2H3,(H,28,33). The molecule has 1 atom stereocenters. The summed E-state index contributed by atoms with van der Waals surface area (Å²) >= 11 is 0. The molecule has 9 heteroatoms. The number of carbonyl (C=O) groups excluding carboxylic acids is 3. The third-order valence-electron chi connectivity index (χ3n) is 6.18. The zero-order valence-electron chi connectivity index (χ0n) is 20.9. The predicted octanol–water partition coefficient (Wildman–Crippen LogP) is 1.59. The predicted molar refractivity (Wildman–Crippen MR) is 136 cm³/mol. The SMILES string of the molecule is CNC(=O)C(C(=O)CO)N(C)C(=O)c1ccc(-c2ccc(OCCCN3CCCOCC3)cc2)cc1. The van der Waals surface area contributed by atoms with E-state index in [1.165, 1.54) is 14.1 Å². The molecule has 0 aliphatic carbocycles. The Morgan fingerprint density at radius 2 is 1.72 bits per heavy atom. The van der Waals surface area contributed by atoms with Crippen LogP contribution in [-0.4, -0.2) is 98.7 Å². The lowest BCUT2D eigenvalue weighted by molar-refractivity contribution is -0.135. The average molecular weight is 498 g/mol. The van der Waals surface area contributed by atoms with Crippen LogP contribution in [0.25, 0.3) is 11.1 Å². The first-order chi connectivity index (χ1) is 17.4. The Balaban J connectivity index is 1.54. The van der Waals surface area contributed by atoms with Gasteiger partial charge in [0.2, 0.25) is 5.91 Å². The van der Waals surface area contributed by atoms with Crippen molar-refractivity contribution in [1.29, 1.82) is 0 Å². The van der Waals surface area contributed by atoms with Crippen molar-refractivity contribution in [2.45, 2.75) is 18.9 Å². The molecule has 2 N–H and O–H groups in total. The number of amides is 2. The minimum atomic E-state index is -1.39. The summed E-state index contributed by atoms with van der Waals surface area (Å²) in [6.45, 7) is 4.52. The van der Waals surface area contributed by atoms with Crippen LogP contribution in [0.1, 0.15) is 23.2 Å². The smallest absolute Gasteiger partial charge is 0.254 e. The number of benzene rings is 2. The van der Waals surface area contributed by atoms with Crippen molar-refractivity contribution in [3.63, 3.8) is 0 Å². The Kier molecular flexibility index (Phi) is 10.4. The van der Waals surface area contributed by atoms with Gasteiger partial charge in [-0.15, -0.1) is 0 Å². The van der Waals surface area contributed by atoms with Gasteiger partial charge >= 0.3 is 0 Å². The van der Waals surface area contributed by atoms with Crippen LogP contribution in [0.15, 0.2) is 48.5 Å². The maximum Gasteiger partial charge on any atom is 0.254 e. The molecule has 1 heterocycles. The van der Waals surface area contributed by atoms with E-state index < -0.39 is 30.2 Å². The topological polar surface area (TPSA) is 108 Å². The highest BCUT2D eigenvalue weighted by Gasteiger charge is 2.32. The monoisotopic (exact) mass is 497 g/mol. The molecule has 0 radical (unpaired) electrons. The van der Waals surface area contributed by atoms with Crippen LogP contribution < -0.4 is 10.1 Å². The van der Waals surface area contributed by atoms with E-state index >= 15 is 0 Å². The van der Waals surface area contributed by atoms with Crippen molar-refractivity contribution in [1.82, 2.24) is 15.1 Å². The Morgan fingerprint density at radius 3 is 2.36 bits per heavy atom. The van der Waals surface area contributed by atoms with Crippen molar-refractivity contribution in [3.05, 3.63) is 54.1 Å². The summed E-state index contributed by atoms with van der Waals surface area (Å²) in [7, 11) is 2.74. The second-order valence-corrected chi connectivity index (χ2v) is 8.67. The van der Waals surface area contributed by atoms with Gasteiger partial charge in [-0.2, -0.15) is 0 Å². The molecule has 2 aromatic rings. The first-order valence-corrected chi connectivity index (χ1v) is 12.2. The molecular weight excluding hydrogens is 462 g/mol. The summed E-state index contributed by atoms with van der Waals surface area (Å²) in [6.07, 6.45) is 2.03. The maximum absolute atomic E-state index is 12.8. The van der Waals surface area contributed by atoms with E-state index in [2.05, 4.69) is 10.2 Å². The quantitative estimate of drug-likeness (QED) is 0.359. The van der Waals surface area contributed by atoms with Crippen LogP contribution in [0.4, 0.5) is 0 Å². The van der Waals surface area contributed by atoms with Crippen LogP contribution in [0.3, 0.4) is 0 Å². The van der Waals surface area contributed by atoms with Crippen LogP contribution in [0.2, 0.25) is 0 Å². The number of hydrogen-bond acceptors (Lipinski definition) is 7. The van der Waals surface area contributed by atoms with Gasteiger partial charge < -0.3 is 29.7 Å². The zero-order valence-corrected chi connectivity index (χ0v) is 20.9. The first-order valence-electron chi connectivity index (χ1n) is 12.2. The molecule has 194 valence electrons. The summed E-state index contributed by atoms with van der Waals surface area (Å²) in [5.74, 6) is -1.09. The minimum Gasteiger partial charge on any atom is -0.494 e. The third kappa shape index (κ3) is 7.36. The molecule has 2 amide bonds. The highest BCUT2D eigenvalue weighted by Crippen LogP contribution is 2.23. The summed E-state index contributed by atoms with van der Waals surface area (Å²) in [4.78, 5) is 40.4. The fraction of sp³-hybridized carbons (Fsp3) is 0.444. The van der Waals surface area contributed by atoms with E-state index in [1.807, 2.05) is 36.4 Å². The lowest BCUT2D eigenvalue weighted by Gasteiger charge is -2.25. The van der Waals surface area contributed by atoms with Crippen LogP contribution >= 0.6 is 0 Å². The van der Waals surface area contributed by atoms with Crippen molar-refractivity contribution >= 4 is 17.6 Å². The van der Waals surface area contributed by atoms with E-state index in [9.17, 15) is 19.5 Å². The molecule has 1 aliphatic rings. The van der Waals surface area contributed by atoms with Gasteiger partial charge in [-0.05, 0) is 48.2 Å². The van der Waals surface area contributed by atoms with Gasteiger partial charge in [0, 0.05) is 45.9 Å². The average Bonchev–Trinajstić information content (AvgIpc) is 3.20. The van der Waals surface area contributed by atoms with Crippen molar-refractivity contribution in [2.75, 3.05) is 60.2 Å². The van der Waals surface area contributed by atoms with Gasteiger partial charge in [0.1, 0.15) is 12.4 Å². The molecule has 0 aromatic heterocycles. The molecule has 0 saturated carbocycles. The maximum atomic E-state index is 12.8. The van der Waals surface area contributed by atoms with Gasteiger partial charge in [0.15, 0.2) is 11.8 Å². The summed E-state index contributed by atoms with van der Waals surface area (Å²) in [5, 5.41) is 11.5. The number of hydrogen-bond donors (Lipinski definition) is 2. The second kappa shape index (κ2) is 13.7. The molecule has 1 fully saturated rings. The largest absolute Gasteiger partial charge is 0.494 e. The Hall–Kier alpha value is -3.27. The van der Waals surface area contributed by atoms with E-state index in [0.717, 1.165) is 67.5 Å². The number of nitrogens with one attached hydrogen (secondary N) is 1. The molecule has 36 heavy (non-hydrogen) atoms. The number of aliphatic hydroxyl groups is 1. The molecular formula is C27H35N3O6. The van der Waals surface area contributed by atoms with Crippen LogP contribution in [-0.2, 0) is 14.3 Å². The summed E-state index contributed by atoms with van der Waals surface area (Å²) in [6, 6.07) is 13.3. The molecule has 1 unspecified atom stereocenters. The lowest BCUT2D eigenvalue weighted by atomic mass is 10.0. The third-order valence-corrected chi connectivity index (χ3v) is 6.18. The van der Waals surface area contributed by atoms with Gasteiger partial charge in [-0.1, -0.05) is 24.3 Å². The summed E-state index contributed by atoms with van der Waals surface area (Å²) < 4.78 is 11.4. The highest BCUT2D eigenvalue weighted by atomic mass is 16.5. The van der Waals surface area contributed by atoms with E-state index in [1.54, 1.807) is 12.1 Å². The highest BCUT2D eigenvalue weighted by molar-refractivity contribution is 6.10. The normalized spacial score (nSPS) is 15.0. The number of Topliss-reactive ketones (excluding diaryl/α,β-unsaturated/α-hetero) is 1. The van der Waals surface area contributed by atoms with Crippen LogP contribution in [0.5, 0.6) is 5.75 Å². The van der Waals surface area contributed by atoms with Crippen molar-refractivity contribution < 1.29 is 29.0 Å². The fourth-order valence-corrected chi connectivity index (χ4v) is 4.13. The van der Waals surface area contributed by atoms with E-state index in [-0.39, 0.29) is 0 Å². The first kappa shape index (κ1) is 27.3. The molecule has 2 aromatic carbocycles. The number of likely N-dealkylation sites (N-methyl/N-ethyl adjacent to an activating group) is 2. The Morgan fingerprint density at radius 1 is 1.06 bits per heavy atom. The molecule has 1 saturated heterocycles. The van der Waals surface area contributed by atoms with Gasteiger partial charge in [0.05, 0.1) is 13.2 Å². The van der Waals surface area contributed by atoms with Crippen molar-refractivity contribution in [2.24, 2.45) is 0 Å². The van der Waals surface area contributed by atoms with E-state index in [0.29, 0.717) is 12.2 Å². The zero-order chi connectivity index (χ0) is 25.9. The molecule has 3 rings (SSSR count).